The fraction of sp³-hybridized carbons (Fsp3) is 0.167. The standard InChI is InChI=1S/C18H17BrFN3O2S/c1-21-26(24,25)11-13-4-2-12(3-5-13)10-22-18-7-6-14-8-15(19)16(20)9-17(14)23-18/h2-9,21H,10-11H2,1H3,(H,22,23). The Balaban J connectivity index is 1.69. The van der Waals surface area contributed by atoms with Gasteiger partial charge in [0.25, 0.3) is 0 Å². The van der Waals surface area contributed by atoms with Crippen LogP contribution in [0.4, 0.5) is 10.2 Å². The maximum absolute atomic E-state index is 13.7. The van der Waals surface area contributed by atoms with Crippen molar-refractivity contribution in [2.45, 2.75) is 12.3 Å². The first-order valence-electron chi connectivity index (χ1n) is 7.85. The second-order valence-electron chi connectivity index (χ2n) is 5.79. The van der Waals surface area contributed by atoms with Crippen LogP contribution >= 0.6 is 15.9 Å². The lowest BCUT2D eigenvalue weighted by molar-refractivity contribution is 0.587. The van der Waals surface area contributed by atoms with Crippen LogP contribution in [0.5, 0.6) is 0 Å². The highest BCUT2D eigenvalue weighted by molar-refractivity contribution is 9.10. The number of anilines is 1. The number of hydrogen-bond donors (Lipinski definition) is 2. The van der Waals surface area contributed by atoms with Crippen LogP contribution in [0.15, 0.2) is 53.0 Å². The molecular weight excluding hydrogens is 421 g/mol. The zero-order valence-corrected chi connectivity index (χ0v) is 16.4. The van der Waals surface area contributed by atoms with Crippen molar-refractivity contribution >= 4 is 42.7 Å². The van der Waals surface area contributed by atoms with Gasteiger partial charge in [0.15, 0.2) is 0 Å². The van der Waals surface area contributed by atoms with Crippen molar-refractivity contribution in [2.24, 2.45) is 0 Å². The van der Waals surface area contributed by atoms with Gasteiger partial charge in [0.1, 0.15) is 11.6 Å². The van der Waals surface area contributed by atoms with Crippen LogP contribution in [0.1, 0.15) is 11.1 Å². The fourth-order valence-corrected chi connectivity index (χ4v) is 3.59. The molecular formula is C18H17BrFN3O2S. The molecule has 0 amide bonds. The third kappa shape index (κ3) is 4.57. The van der Waals surface area contributed by atoms with E-state index in [-0.39, 0.29) is 11.6 Å². The second-order valence-corrected chi connectivity index (χ2v) is 8.57. The van der Waals surface area contributed by atoms with Crippen LogP contribution in [0.3, 0.4) is 0 Å². The van der Waals surface area contributed by atoms with Crippen LogP contribution in [0.25, 0.3) is 10.9 Å². The third-order valence-corrected chi connectivity index (χ3v) is 5.84. The first-order valence-corrected chi connectivity index (χ1v) is 10.3. The summed E-state index contributed by atoms with van der Waals surface area (Å²) in [5.74, 6) is 0.236. The maximum Gasteiger partial charge on any atom is 0.215 e. The van der Waals surface area contributed by atoms with Gasteiger partial charge in [-0.2, -0.15) is 0 Å². The van der Waals surface area contributed by atoms with E-state index in [0.717, 1.165) is 10.9 Å². The molecule has 0 saturated carbocycles. The molecule has 0 spiro atoms. The summed E-state index contributed by atoms with van der Waals surface area (Å²) in [6, 6.07) is 14.1. The van der Waals surface area contributed by atoms with E-state index in [9.17, 15) is 12.8 Å². The van der Waals surface area contributed by atoms with E-state index in [4.69, 9.17) is 0 Å². The van der Waals surface area contributed by atoms with Gasteiger partial charge in [-0.15, -0.1) is 0 Å². The molecule has 0 fully saturated rings. The molecule has 0 saturated heterocycles. The summed E-state index contributed by atoms with van der Waals surface area (Å²) in [5.41, 5.74) is 2.27. The Kier molecular flexibility index (Phi) is 5.55. The SMILES string of the molecule is CNS(=O)(=O)Cc1ccc(CNc2ccc3cc(Br)c(F)cc3n2)cc1. The molecule has 5 nitrogen and oxygen atoms in total. The minimum atomic E-state index is -3.28. The number of sulfonamides is 1. The lowest BCUT2D eigenvalue weighted by atomic mass is 10.1. The van der Waals surface area contributed by atoms with Crippen molar-refractivity contribution in [1.82, 2.24) is 9.71 Å². The molecule has 0 aliphatic rings. The Bertz CT molecular complexity index is 1040. The van der Waals surface area contributed by atoms with Crippen molar-refractivity contribution in [2.75, 3.05) is 12.4 Å². The average molecular weight is 438 g/mol. The van der Waals surface area contributed by atoms with Gasteiger partial charge in [-0.3, -0.25) is 0 Å². The highest BCUT2D eigenvalue weighted by atomic mass is 79.9. The van der Waals surface area contributed by atoms with Crippen LogP contribution in [0, 0.1) is 5.82 Å². The molecule has 1 aromatic heterocycles. The summed E-state index contributed by atoms with van der Waals surface area (Å²) >= 11 is 3.16. The van der Waals surface area contributed by atoms with Crippen LogP contribution in [0.2, 0.25) is 0 Å². The molecule has 2 N–H and O–H groups in total. The summed E-state index contributed by atoms with van der Waals surface area (Å²) in [6.45, 7) is 0.524. The predicted molar refractivity (Wildman–Crippen MR) is 105 cm³/mol. The number of halogens is 2. The van der Waals surface area contributed by atoms with Crippen molar-refractivity contribution in [1.29, 1.82) is 0 Å². The lowest BCUT2D eigenvalue weighted by Crippen LogP contribution is -2.20. The Morgan fingerprint density at radius 2 is 1.77 bits per heavy atom. The summed E-state index contributed by atoms with van der Waals surface area (Å²) in [5, 5.41) is 4.04. The number of aromatic nitrogens is 1. The van der Waals surface area contributed by atoms with Gasteiger partial charge >= 0.3 is 0 Å². The second kappa shape index (κ2) is 7.69. The minimum absolute atomic E-state index is 0.0510. The summed E-state index contributed by atoms with van der Waals surface area (Å²) < 4.78 is 39.5. The molecule has 0 aliphatic heterocycles. The first-order chi connectivity index (χ1) is 12.4. The summed E-state index contributed by atoms with van der Waals surface area (Å²) in [4.78, 5) is 4.41. The fourth-order valence-electron chi connectivity index (χ4n) is 2.45. The van der Waals surface area contributed by atoms with E-state index in [1.165, 1.54) is 13.1 Å². The van der Waals surface area contributed by atoms with E-state index in [0.29, 0.717) is 27.9 Å². The average Bonchev–Trinajstić information content (AvgIpc) is 2.62. The van der Waals surface area contributed by atoms with E-state index in [1.807, 2.05) is 24.3 Å². The van der Waals surface area contributed by atoms with E-state index in [1.54, 1.807) is 18.2 Å². The monoisotopic (exact) mass is 437 g/mol. The molecule has 8 heteroatoms. The van der Waals surface area contributed by atoms with Crippen molar-refractivity contribution in [3.8, 4) is 0 Å². The number of nitrogens with zero attached hydrogens (tertiary/aromatic N) is 1. The smallest absolute Gasteiger partial charge is 0.215 e. The van der Waals surface area contributed by atoms with E-state index in [2.05, 4.69) is 31.0 Å². The number of pyridine rings is 1. The highest BCUT2D eigenvalue weighted by Gasteiger charge is 2.08. The van der Waals surface area contributed by atoms with Gasteiger partial charge in [0.2, 0.25) is 10.0 Å². The Hall–Kier alpha value is -2.03. The molecule has 26 heavy (non-hydrogen) atoms. The third-order valence-electron chi connectivity index (χ3n) is 3.90. The molecule has 0 atom stereocenters. The molecule has 2 aromatic carbocycles. The Morgan fingerprint density at radius 1 is 1.08 bits per heavy atom. The van der Waals surface area contributed by atoms with Gasteiger partial charge < -0.3 is 5.32 Å². The topological polar surface area (TPSA) is 71.1 Å². The molecule has 0 radical (unpaired) electrons. The summed E-state index contributed by atoms with van der Waals surface area (Å²) in [7, 11) is -1.88. The molecule has 3 aromatic rings. The number of rotatable bonds is 6. The normalized spacial score (nSPS) is 11.7. The van der Waals surface area contributed by atoms with Gasteiger partial charge in [-0.1, -0.05) is 24.3 Å². The molecule has 0 unspecified atom stereocenters. The van der Waals surface area contributed by atoms with Crippen LogP contribution in [-0.4, -0.2) is 20.4 Å². The number of nitrogens with one attached hydrogen (secondary N) is 2. The molecule has 0 bridgehead atoms. The quantitative estimate of drug-likeness (QED) is 0.615. The minimum Gasteiger partial charge on any atom is -0.366 e. The van der Waals surface area contributed by atoms with Gasteiger partial charge in [0, 0.05) is 18.0 Å². The predicted octanol–water partition coefficient (Wildman–Crippen LogP) is 3.80. The largest absolute Gasteiger partial charge is 0.366 e. The molecule has 3 rings (SSSR count). The van der Waals surface area contributed by atoms with Crippen LogP contribution < -0.4 is 10.0 Å². The summed E-state index contributed by atoms with van der Waals surface area (Å²) in [6.07, 6.45) is 0. The van der Waals surface area contributed by atoms with Crippen molar-refractivity contribution in [3.05, 3.63) is 69.9 Å². The molecule has 0 aliphatic carbocycles. The van der Waals surface area contributed by atoms with Gasteiger partial charge in [-0.25, -0.2) is 22.5 Å². The zero-order valence-electron chi connectivity index (χ0n) is 14.0. The molecule has 1 heterocycles. The number of benzene rings is 2. The Labute approximate surface area is 159 Å². The van der Waals surface area contributed by atoms with Gasteiger partial charge in [-0.05, 0) is 52.3 Å². The Morgan fingerprint density at radius 3 is 2.46 bits per heavy atom. The number of hydrogen-bond acceptors (Lipinski definition) is 4. The van der Waals surface area contributed by atoms with Gasteiger partial charge in [0.05, 0.1) is 15.7 Å². The molecule has 136 valence electrons. The number of fused-ring (bicyclic) bond motifs is 1. The van der Waals surface area contributed by atoms with Crippen molar-refractivity contribution in [3.63, 3.8) is 0 Å². The zero-order chi connectivity index (χ0) is 18.7. The van der Waals surface area contributed by atoms with Crippen LogP contribution in [-0.2, 0) is 22.3 Å². The van der Waals surface area contributed by atoms with E-state index < -0.39 is 10.0 Å². The first kappa shape index (κ1) is 18.8. The highest BCUT2D eigenvalue weighted by Crippen LogP contribution is 2.23. The lowest BCUT2D eigenvalue weighted by Gasteiger charge is -2.08. The maximum atomic E-state index is 13.7. The van der Waals surface area contributed by atoms with E-state index >= 15 is 0 Å². The van der Waals surface area contributed by atoms with Crippen molar-refractivity contribution < 1.29 is 12.8 Å².